The third kappa shape index (κ3) is 4.97. The Morgan fingerprint density at radius 2 is 2.19 bits per heavy atom. The zero-order chi connectivity index (χ0) is 15.5. The summed E-state index contributed by atoms with van der Waals surface area (Å²) in [5.41, 5.74) is -0.441. The molecule has 1 fully saturated rings. The Kier molecular flexibility index (Phi) is 5.22. The Balaban J connectivity index is 1.70. The molecule has 0 aliphatic heterocycles. The average Bonchev–Trinajstić information content (AvgIpc) is 2.83. The summed E-state index contributed by atoms with van der Waals surface area (Å²) in [5.74, 6) is 0. The number of alkyl carbamates (subject to hydrolysis) is 1. The smallest absolute Gasteiger partial charge is 0.407 e. The third-order valence-electron chi connectivity index (χ3n) is 3.45. The van der Waals surface area contributed by atoms with Crippen molar-refractivity contribution in [2.75, 3.05) is 0 Å². The van der Waals surface area contributed by atoms with Gasteiger partial charge in [0, 0.05) is 23.7 Å². The number of ether oxygens (including phenoxy) is 1. The van der Waals surface area contributed by atoms with E-state index in [0.717, 1.165) is 24.3 Å². The Morgan fingerprint density at radius 1 is 1.48 bits per heavy atom. The molecule has 2 N–H and O–H groups in total. The second-order valence-corrected chi connectivity index (χ2v) is 7.44. The molecule has 6 heteroatoms. The van der Waals surface area contributed by atoms with Crippen molar-refractivity contribution in [3.05, 3.63) is 16.6 Å². The van der Waals surface area contributed by atoms with E-state index in [1.54, 1.807) is 11.3 Å². The van der Waals surface area contributed by atoms with E-state index in [4.69, 9.17) is 4.74 Å². The molecule has 1 atom stereocenters. The zero-order valence-electron chi connectivity index (χ0n) is 13.2. The molecule has 1 heterocycles. The first-order valence-corrected chi connectivity index (χ1v) is 8.40. The molecule has 0 saturated heterocycles. The molecule has 2 rings (SSSR count). The first-order valence-electron chi connectivity index (χ1n) is 7.52. The van der Waals surface area contributed by atoms with Gasteiger partial charge in [-0.15, -0.1) is 11.3 Å². The molecule has 1 unspecified atom stereocenters. The Labute approximate surface area is 130 Å². The standard InChI is InChI=1S/C15H25N3O2S/c1-5-12(13-16-6-7-21-13)17-10-8-11(9-10)18-14(19)20-15(2,3)4/h6-7,10-12,17H,5,8-9H2,1-4H3,(H,18,19). The lowest BCUT2D eigenvalue weighted by molar-refractivity contribution is 0.0462. The van der Waals surface area contributed by atoms with Gasteiger partial charge in [-0.3, -0.25) is 0 Å². The van der Waals surface area contributed by atoms with Crippen molar-refractivity contribution in [1.29, 1.82) is 0 Å². The van der Waals surface area contributed by atoms with Crippen LogP contribution in [-0.4, -0.2) is 28.8 Å². The van der Waals surface area contributed by atoms with Crippen LogP contribution >= 0.6 is 11.3 Å². The van der Waals surface area contributed by atoms with Crippen molar-refractivity contribution >= 4 is 17.4 Å². The van der Waals surface area contributed by atoms with Gasteiger partial charge in [-0.25, -0.2) is 9.78 Å². The van der Waals surface area contributed by atoms with Gasteiger partial charge in [-0.2, -0.15) is 0 Å². The van der Waals surface area contributed by atoms with E-state index in [1.165, 1.54) is 0 Å². The number of hydrogen-bond donors (Lipinski definition) is 2. The molecule has 0 bridgehead atoms. The van der Waals surface area contributed by atoms with Gasteiger partial charge in [-0.05, 0) is 40.0 Å². The highest BCUT2D eigenvalue weighted by molar-refractivity contribution is 7.09. The van der Waals surface area contributed by atoms with E-state index < -0.39 is 5.60 Å². The van der Waals surface area contributed by atoms with E-state index in [0.29, 0.717) is 12.1 Å². The van der Waals surface area contributed by atoms with Gasteiger partial charge in [0.05, 0.1) is 6.04 Å². The predicted octanol–water partition coefficient (Wildman–Crippen LogP) is 3.24. The minimum atomic E-state index is -0.441. The quantitative estimate of drug-likeness (QED) is 0.876. The summed E-state index contributed by atoms with van der Waals surface area (Å²) < 4.78 is 5.26. The zero-order valence-corrected chi connectivity index (χ0v) is 14.0. The number of rotatable bonds is 5. The third-order valence-corrected chi connectivity index (χ3v) is 4.34. The average molecular weight is 311 g/mol. The van der Waals surface area contributed by atoms with Crippen molar-refractivity contribution < 1.29 is 9.53 Å². The number of carbonyl (C=O) groups excluding carboxylic acids is 1. The number of amides is 1. The van der Waals surface area contributed by atoms with Gasteiger partial charge in [0.15, 0.2) is 0 Å². The molecule has 0 radical (unpaired) electrons. The monoisotopic (exact) mass is 311 g/mol. The number of nitrogens with one attached hydrogen (secondary N) is 2. The van der Waals surface area contributed by atoms with E-state index in [1.807, 2.05) is 32.3 Å². The Hall–Kier alpha value is -1.14. The van der Waals surface area contributed by atoms with Gasteiger partial charge in [0.1, 0.15) is 10.6 Å². The van der Waals surface area contributed by atoms with Crippen LogP contribution in [0.3, 0.4) is 0 Å². The van der Waals surface area contributed by atoms with Crippen molar-refractivity contribution in [1.82, 2.24) is 15.6 Å². The molecule has 5 nitrogen and oxygen atoms in total. The van der Waals surface area contributed by atoms with Crippen LogP contribution in [0.2, 0.25) is 0 Å². The van der Waals surface area contributed by atoms with Gasteiger partial charge >= 0.3 is 6.09 Å². The van der Waals surface area contributed by atoms with Crippen LogP contribution in [0.4, 0.5) is 4.79 Å². The van der Waals surface area contributed by atoms with Crippen molar-refractivity contribution in [2.45, 2.75) is 70.7 Å². The number of thiazole rings is 1. The molecule has 1 aliphatic rings. The summed E-state index contributed by atoms with van der Waals surface area (Å²) in [6.07, 6.45) is 4.44. The van der Waals surface area contributed by atoms with Gasteiger partial charge in [-0.1, -0.05) is 6.92 Å². The highest BCUT2D eigenvalue weighted by atomic mass is 32.1. The number of carbonyl (C=O) groups is 1. The van der Waals surface area contributed by atoms with Crippen LogP contribution < -0.4 is 10.6 Å². The van der Waals surface area contributed by atoms with E-state index >= 15 is 0 Å². The second kappa shape index (κ2) is 6.75. The topological polar surface area (TPSA) is 63.2 Å². The fourth-order valence-electron chi connectivity index (χ4n) is 2.40. The predicted molar refractivity (Wildman–Crippen MR) is 84.5 cm³/mol. The maximum atomic E-state index is 11.7. The van der Waals surface area contributed by atoms with Crippen molar-refractivity contribution in [3.8, 4) is 0 Å². The molecule has 1 aromatic heterocycles. The molecule has 1 saturated carbocycles. The summed E-state index contributed by atoms with van der Waals surface area (Å²) in [5, 5.41) is 9.67. The van der Waals surface area contributed by atoms with Gasteiger partial charge < -0.3 is 15.4 Å². The molecule has 118 valence electrons. The first-order chi connectivity index (χ1) is 9.87. The largest absolute Gasteiger partial charge is 0.444 e. The molecule has 1 aliphatic carbocycles. The van der Waals surface area contributed by atoms with Crippen LogP contribution in [0.5, 0.6) is 0 Å². The summed E-state index contributed by atoms with van der Waals surface area (Å²) in [7, 11) is 0. The normalized spacial score (nSPS) is 23.2. The molecular formula is C15H25N3O2S. The number of hydrogen-bond acceptors (Lipinski definition) is 5. The van der Waals surface area contributed by atoms with Crippen LogP contribution in [0, 0.1) is 0 Å². The molecule has 0 spiro atoms. The first kappa shape index (κ1) is 16.2. The second-order valence-electron chi connectivity index (χ2n) is 6.51. The Morgan fingerprint density at radius 3 is 2.71 bits per heavy atom. The summed E-state index contributed by atoms with van der Waals surface area (Å²) >= 11 is 1.69. The summed E-state index contributed by atoms with van der Waals surface area (Å²) in [6.45, 7) is 7.78. The molecule has 1 amide bonds. The lowest BCUT2D eigenvalue weighted by Gasteiger charge is -2.38. The fraction of sp³-hybridized carbons (Fsp3) is 0.733. The highest BCUT2D eigenvalue weighted by Crippen LogP contribution is 2.26. The van der Waals surface area contributed by atoms with Crippen molar-refractivity contribution in [3.63, 3.8) is 0 Å². The number of aromatic nitrogens is 1. The molecule has 0 aromatic carbocycles. The minimum absolute atomic E-state index is 0.214. The summed E-state index contributed by atoms with van der Waals surface area (Å²) in [6, 6.07) is 0.974. The molecule has 1 aromatic rings. The summed E-state index contributed by atoms with van der Waals surface area (Å²) in [4.78, 5) is 16.0. The maximum Gasteiger partial charge on any atom is 0.407 e. The SMILES string of the molecule is CCC(NC1CC(NC(=O)OC(C)(C)C)C1)c1nccs1. The molecule has 21 heavy (non-hydrogen) atoms. The van der Waals surface area contributed by atoms with Gasteiger partial charge in [0.2, 0.25) is 0 Å². The van der Waals surface area contributed by atoms with E-state index in [-0.39, 0.29) is 12.1 Å². The number of nitrogens with zero attached hydrogens (tertiary/aromatic N) is 1. The van der Waals surface area contributed by atoms with Gasteiger partial charge in [0.25, 0.3) is 0 Å². The van der Waals surface area contributed by atoms with Crippen LogP contribution in [-0.2, 0) is 4.74 Å². The highest BCUT2D eigenvalue weighted by Gasteiger charge is 2.33. The van der Waals surface area contributed by atoms with E-state index in [9.17, 15) is 4.79 Å². The minimum Gasteiger partial charge on any atom is -0.444 e. The maximum absolute atomic E-state index is 11.7. The lowest BCUT2D eigenvalue weighted by Crippen LogP contribution is -2.53. The van der Waals surface area contributed by atoms with Crippen LogP contribution in [0.25, 0.3) is 0 Å². The van der Waals surface area contributed by atoms with Crippen LogP contribution in [0.1, 0.15) is 58.0 Å². The van der Waals surface area contributed by atoms with E-state index in [2.05, 4.69) is 22.5 Å². The Bertz CT molecular complexity index is 450. The fourth-order valence-corrected chi connectivity index (χ4v) is 3.18. The van der Waals surface area contributed by atoms with Crippen molar-refractivity contribution in [2.24, 2.45) is 0 Å². The molecular weight excluding hydrogens is 286 g/mol. The lowest BCUT2D eigenvalue weighted by atomic mass is 9.86. The van der Waals surface area contributed by atoms with Crippen LogP contribution in [0.15, 0.2) is 11.6 Å².